The van der Waals surface area contributed by atoms with Gasteiger partial charge < -0.3 is 15.2 Å². The van der Waals surface area contributed by atoms with Gasteiger partial charge in [0.15, 0.2) is 0 Å². The van der Waals surface area contributed by atoms with Crippen molar-refractivity contribution in [1.29, 1.82) is 0 Å². The van der Waals surface area contributed by atoms with Gasteiger partial charge in [-0.1, -0.05) is 42.5 Å². The Labute approximate surface area is 125 Å². The Morgan fingerprint density at radius 2 is 1.86 bits per heavy atom. The lowest BCUT2D eigenvalue weighted by Crippen LogP contribution is -2.29. The van der Waals surface area contributed by atoms with Gasteiger partial charge in [0.2, 0.25) is 0 Å². The van der Waals surface area contributed by atoms with Crippen LogP contribution in [0.1, 0.15) is 28.7 Å². The van der Waals surface area contributed by atoms with Gasteiger partial charge in [-0.05, 0) is 23.6 Å². The summed E-state index contributed by atoms with van der Waals surface area (Å²) in [5.74, 6) is 1.25. The first kappa shape index (κ1) is 14.1. The van der Waals surface area contributed by atoms with Gasteiger partial charge in [0, 0.05) is 24.6 Å². The van der Waals surface area contributed by atoms with Crippen LogP contribution >= 0.6 is 0 Å². The summed E-state index contributed by atoms with van der Waals surface area (Å²) in [5, 5.41) is 0. The fourth-order valence-electron chi connectivity index (χ4n) is 2.96. The van der Waals surface area contributed by atoms with E-state index < -0.39 is 0 Å². The van der Waals surface area contributed by atoms with Crippen LogP contribution in [-0.4, -0.2) is 20.3 Å². The van der Waals surface area contributed by atoms with Crippen LogP contribution < -0.4 is 10.5 Å². The smallest absolute Gasteiger partial charge is 0.124 e. The zero-order valence-electron chi connectivity index (χ0n) is 12.3. The Morgan fingerprint density at radius 1 is 1.10 bits per heavy atom. The maximum Gasteiger partial charge on any atom is 0.124 e. The van der Waals surface area contributed by atoms with Crippen LogP contribution in [-0.2, 0) is 11.2 Å². The minimum absolute atomic E-state index is 0.0290. The van der Waals surface area contributed by atoms with Gasteiger partial charge in [-0.2, -0.15) is 0 Å². The monoisotopic (exact) mass is 283 g/mol. The Bertz CT molecular complexity index is 612. The third kappa shape index (κ3) is 2.80. The van der Waals surface area contributed by atoms with Crippen molar-refractivity contribution in [2.75, 3.05) is 20.3 Å². The standard InChI is InChI=1S/C18H21NO2/c1-20-10-11-21-17-9-5-4-8-15(17)18(19)16-12-13-6-2-3-7-14(13)16/h2-9,16,18H,10-12,19H2,1H3. The molecule has 0 saturated heterocycles. The molecule has 0 aliphatic heterocycles. The van der Waals surface area contributed by atoms with E-state index in [0.717, 1.165) is 17.7 Å². The van der Waals surface area contributed by atoms with Crippen molar-refractivity contribution in [3.05, 3.63) is 65.2 Å². The number of ether oxygens (including phenoxy) is 2. The Balaban J connectivity index is 1.78. The van der Waals surface area contributed by atoms with Crippen molar-refractivity contribution in [3.63, 3.8) is 0 Å². The van der Waals surface area contributed by atoms with Crippen molar-refractivity contribution in [1.82, 2.24) is 0 Å². The first-order chi connectivity index (χ1) is 10.3. The van der Waals surface area contributed by atoms with Gasteiger partial charge in [0.1, 0.15) is 12.4 Å². The highest BCUT2D eigenvalue weighted by Crippen LogP contribution is 2.44. The predicted molar refractivity (Wildman–Crippen MR) is 83.6 cm³/mol. The summed E-state index contributed by atoms with van der Waals surface area (Å²) >= 11 is 0. The van der Waals surface area contributed by atoms with Crippen molar-refractivity contribution in [3.8, 4) is 5.75 Å². The molecule has 1 aliphatic carbocycles. The lowest BCUT2D eigenvalue weighted by molar-refractivity contribution is 0.145. The summed E-state index contributed by atoms with van der Waals surface area (Å²) in [5.41, 5.74) is 10.4. The van der Waals surface area contributed by atoms with Crippen LogP contribution in [0.15, 0.2) is 48.5 Å². The van der Waals surface area contributed by atoms with Gasteiger partial charge in [-0.15, -0.1) is 0 Å². The molecule has 2 aromatic rings. The largest absolute Gasteiger partial charge is 0.491 e. The molecular weight excluding hydrogens is 262 g/mol. The molecule has 2 N–H and O–H groups in total. The summed E-state index contributed by atoms with van der Waals surface area (Å²) in [6, 6.07) is 16.5. The van der Waals surface area contributed by atoms with Crippen LogP contribution in [0.4, 0.5) is 0 Å². The normalized spacial score (nSPS) is 17.7. The molecule has 2 aromatic carbocycles. The minimum atomic E-state index is -0.0290. The highest BCUT2D eigenvalue weighted by molar-refractivity contribution is 5.45. The average Bonchev–Trinajstić information content (AvgIpc) is 2.49. The van der Waals surface area contributed by atoms with Crippen molar-refractivity contribution in [2.24, 2.45) is 5.73 Å². The van der Waals surface area contributed by atoms with Gasteiger partial charge in [-0.25, -0.2) is 0 Å². The Morgan fingerprint density at radius 3 is 2.67 bits per heavy atom. The van der Waals surface area contributed by atoms with E-state index in [4.69, 9.17) is 15.2 Å². The SMILES string of the molecule is COCCOc1ccccc1C(N)C1Cc2ccccc21. The summed E-state index contributed by atoms with van der Waals surface area (Å²) in [6.45, 7) is 1.12. The first-order valence-electron chi connectivity index (χ1n) is 7.35. The van der Waals surface area contributed by atoms with Gasteiger partial charge in [0.25, 0.3) is 0 Å². The molecule has 0 aromatic heterocycles. The zero-order valence-corrected chi connectivity index (χ0v) is 12.3. The molecule has 21 heavy (non-hydrogen) atoms. The zero-order chi connectivity index (χ0) is 14.7. The molecule has 2 atom stereocenters. The van der Waals surface area contributed by atoms with E-state index in [1.165, 1.54) is 11.1 Å². The Hall–Kier alpha value is -1.84. The number of rotatable bonds is 6. The maximum absolute atomic E-state index is 6.51. The number of benzene rings is 2. The van der Waals surface area contributed by atoms with Crippen LogP contribution in [0, 0.1) is 0 Å². The first-order valence-corrected chi connectivity index (χ1v) is 7.35. The maximum atomic E-state index is 6.51. The number of nitrogens with two attached hydrogens (primary N) is 1. The Kier molecular flexibility index (Phi) is 4.23. The molecule has 0 fully saturated rings. The molecule has 3 rings (SSSR count). The molecule has 1 aliphatic rings. The molecule has 0 amide bonds. The van der Waals surface area contributed by atoms with E-state index >= 15 is 0 Å². The molecular formula is C18H21NO2. The van der Waals surface area contributed by atoms with E-state index in [1.807, 2.05) is 18.2 Å². The lowest BCUT2D eigenvalue weighted by atomic mass is 9.72. The third-order valence-electron chi connectivity index (χ3n) is 4.15. The van der Waals surface area contributed by atoms with Gasteiger partial charge in [-0.3, -0.25) is 0 Å². The number of fused-ring (bicyclic) bond motifs is 1. The fraction of sp³-hybridized carbons (Fsp3) is 0.333. The number of hydrogen-bond donors (Lipinski definition) is 1. The second-order valence-corrected chi connectivity index (χ2v) is 5.41. The minimum Gasteiger partial charge on any atom is -0.491 e. The molecule has 2 unspecified atom stereocenters. The average molecular weight is 283 g/mol. The molecule has 0 radical (unpaired) electrons. The van der Waals surface area contributed by atoms with Gasteiger partial charge >= 0.3 is 0 Å². The van der Waals surface area contributed by atoms with E-state index in [-0.39, 0.29) is 6.04 Å². The molecule has 0 bridgehead atoms. The van der Waals surface area contributed by atoms with Crippen LogP contribution in [0.25, 0.3) is 0 Å². The fourth-order valence-corrected chi connectivity index (χ4v) is 2.96. The van der Waals surface area contributed by atoms with Crippen LogP contribution in [0.3, 0.4) is 0 Å². The topological polar surface area (TPSA) is 44.5 Å². The second-order valence-electron chi connectivity index (χ2n) is 5.41. The summed E-state index contributed by atoms with van der Waals surface area (Å²) < 4.78 is 10.8. The summed E-state index contributed by atoms with van der Waals surface area (Å²) in [4.78, 5) is 0. The number of methoxy groups -OCH3 is 1. The number of hydrogen-bond acceptors (Lipinski definition) is 3. The third-order valence-corrected chi connectivity index (χ3v) is 4.15. The van der Waals surface area contributed by atoms with Crippen molar-refractivity contribution >= 4 is 0 Å². The van der Waals surface area contributed by atoms with Crippen molar-refractivity contribution < 1.29 is 9.47 Å². The van der Waals surface area contributed by atoms with Gasteiger partial charge in [0.05, 0.1) is 6.61 Å². The number of para-hydroxylation sites is 1. The molecule has 0 heterocycles. The van der Waals surface area contributed by atoms with E-state index in [2.05, 4.69) is 30.3 Å². The molecule has 0 spiro atoms. The van der Waals surface area contributed by atoms with Crippen LogP contribution in [0.2, 0.25) is 0 Å². The summed E-state index contributed by atoms with van der Waals surface area (Å²) in [6.07, 6.45) is 1.05. The molecule has 110 valence electrons. The highest BCUT2D eigenvalue weighted by Gasteiger charge is 2.32. The highest BCUT2D eigenvalue weighted by atomic mass is 16.5. The molecule has 3 nitrogen and oxygen atoms in total. The molecule has 0 saturated carbocycles. The summed E-state index contributed by atoms with van der Waals surface area (Å²) in [7, 11) is 1.67. The van der Waals surface area contributed by atoms with E-state index in [0.29, 0.717) is 19.1 Å². The van der Waals surface area contributed by atoms with E-state index in [9.17, 15) is 0 Å². The predicted octanol–water partition coefficient (Wildman–Crippen LogP) is 3.05. The molecule has 3 heteroatoms. The second kappa shape index (κ2) is 6.29. The van der Waals surface area contributed by atoms with Crippen molar-refractivity contribution in [2.45, 2.75) is 18.4 Å². The lowest BCUT2D eigenvalue weighted by Gasteiger charge is -2.35. The van der Waals surface area contributed by atoms with Crippen LogP contribution in [0.5, 0.6) is 5.75 Å². The van der Waals surface area contributed by atoms with E-state index in [1.54, 1.807) is 7.11 Å². The quantitative estimate of drug-likeness (QED) is 0.829.